The van der Waals surface area contributed by atoms with Gasteiger partial charge in [-0.15, -0.1) is 0 Å². The molecular formula is C9H3F13O2. The summed E-state index contributed by atoms with van der Waals surface area (Å²) < 4.78 is 166. The first-order valence-electron chi connectivity index (χ1n) is 4.97. The summed E-state index contributed by atoms with van der Waals surface area (Å²) in [6.45, 7) is 2.03. The topological polar surface area (TPSA) is 18.5 Å². The van der Waals surface area contributed by atoms with Crippen molar-refractivity contribution in [3.05, 3.63) is 24.7 Å². The van der Waals surface area contributed by atoms with Gasteiger partial charge in [0.15, 0.2) is 0 Å². The first-order valence-corrected chi connectivity index (χ1v) is 4.97. The van der Waals surface area contributed by atoms with E-state index in [1.165, 1.54) is 0 Å². The minimum atomic E-state index is -7.26. The number of rotatable bonds is 7. The van der Waals surface area contributed by atoms with Gasteiger partial charge in [-0.05, 0) is 6.08 Å². The third-order valence-corrected chi connectivity index (χ3v) is 2.02. The Morgan fingerprint density at radius 1 is 0.750 bits per heavy atom. The quantitative estimate of drug-likeness (QED) is 0.334. The Labute approximate surface area is 123 Å². The lowest BCUT2D eigenvalue weighted by Crippen LogP contribution is -2.63. The Hall–Kier alpha value is -1.67. The zero-order valence-corrected chi connectivity index (χ0v) is 10.5. The molecule has 0 aromatic rings. The van der Waals surface area contributed by atoms with Gasteiger partial charge in [0.05, 0.1) is 0 Å². The molecule has 0 bridgehead atoms. The van der Waals surface area contributed by atoms with Crippen LogP contribution in [0.5, 0.6) is 0 Å². The van der Waals surface area contributed by atoms with Crippen LogP contribution in [0.2, 0.25) is 0 Å². The second-order valence-corrected chi connectivity index (χ2v) is 3.69. The third kappa shape index (κ3) is 4.05. The van der Waals surface area contributed by atoms with Crippen LogP contribution in [-0.2, 0) is 9.47 Å². The minimum absolute atomic E-state index is 1.08. The smallest absolute Gasteiger partial charge is 0.398 e. The predicted molar refractivity (Wildman–Crippen MR) is 47.5 cm³/mol. The minimum Gasteiger partial charge on any atom is -0.398 e. The van der Waals surface area contributed by atoms with Gasteiger partial charge >= 0.3 is 42.3 Å². The van der Waals surface area contributed by atoms with Gasteiger partial charge in [-0.2, -0.15) is 57.1 Å². The summed E-state index contributed by atoms with van der Waals surface area (Å²) in [4.78, 5) is 0. The fourth-order valence-corrected chi connectivity index (χ4v) is 0.863. The van der Waals surface area contributed by atoms with E-state index in [9.17, 15) is 57.1 Å². The van der Waals surface area contributed by atoms with Gasteiger partial charge in [0.1, 0.15) is 0 Å². The van der Waals surface area contributed by atoms with E-state index >= 15 is 0 Å². The van der Waals surface area contributed by atoms with Crippen LogP contribution in [0.15, 0.2) is 24.7 Å². The fraction of sp³-hybridized carbons (Fsp3) is 0.556. The summed E-state index contributed by atoms with van der Waals surface area (Å²) in [5, 5.41) is 0. The van der Waals surface area contributed by atoms with E-state index in [-0.39, 0.29) is 0 Å². The summed E-state index contributed by atoms with van der Waals surface area (Å²) in [6.07, 6.45) is -25.7. The van der Waals surface area contributed by atoms with E-state index in [0.717, 1.165) is 0 Å². The maximum atomic E-state index is 13.4. The molecule has 0 N–H and O–H groups in total. The first kappa shape index (κ1) is 22.3. The van der Waals surface area contributed by atoms with Crippen LogP contribution in [-0.4, -0.2) is 30.2 Å². The van der Waals surface area contributed by atoms with Crippen LogP contribution in [0.25, 0.3) is 0 Å². The second-order valence-electron chi connectivity index (χ2n) is 3.69. The van der Waals surface area contributed by atoms with Crippen molar-refractivity contribution in [2.24, 2.45) is 0 Å². The molecule has 0 fully saturated rings. The van der Waals surface area contributed by atoms with E-state index in [4.69, 9.17) is 0 Å². The van der Waals surface area contributed by atoms with E-state index in [1.54, 1.807) is 0 Å². The van der Waals surface area contributed by atoms with Crippen LogP contribution in [0.4, 0.5) is 57.1 Å². The van der Waals surface area contributed by atoms with E-state index < -0.39 is 48.3 Å². The van der Waals surface area contributed by atoms with E-state index in [0.29, 0.717) is 0 Å². The summed E-state index contributed by atoms with van der Waals surface area (Å²) in [7, 11) is 0. The van der Waals surface area contributed by atoms with Crippen LogP contribution < -0.4 is 0 Å². The molecule has 0 amide bonds. The van der Waals surface area contributed by atoms with Gasteiger partial charge in [-0.25, -0.2) is 0 Å². The van der Waals surface area contributed by atoms with Gasteiger partial charge < -0.3 is 4.74 Å². The average Bonchev–Trinajstić information content (AvgIpc) is 2.35. The predicted octanol–water partition coefficient (Wildman–Crippen LogP) is 5.29. The third-order valence-electron chi connectivity index (χ3n) is 2.02. The highest BCUT2D eigenvalue weighted by Crippen LogP contribution is 2.52. The molecule has 1 atom stereocenters. The van der Waals surface area contributed by atoms with Gasteiger partial charge in [0.25, 0.3) is 0 Å². The Kier molecular flexibility index (Phi) is 5.89. The summed E-state index contributed by atoms with van der Waals surface area (Å²) in [5.74, 6) is -13.0. The van der Waals surface area contributed by atoms with E-state index in [2.05, 4.69) is 0 Å². The lowest BCUT2D eigenvalue weighted by Gasteiger charge is -2.36. The van der Waals surface area contributed by atoms with Crippen molar-refractivity contribution in [1.82, 2.24) is 0 Å². The summed E-state index contributed by atoms with van der Waals surface area (Å²) in [5.41, 5.74) is 0. The Morgan fingerprint density at radius 3 is 1.46 bits per heavy atom. The van der Waals surface area contributed by atoms with Crippen molar-refractivity contribution in [2.75, 3.05) is 0 Å². The molecule has 0 saturated heterocycles. The Balaban J connectivity index is 6.11. The molecule has 0 spiro atoms. The van der Waals surface area contributed by atoms with Gasteiger partial charge in [-0.3, -0.25) is 4.74 Å². The second kappa shape index (κ2) is 6.33. The molecule has 0 aromatic carbocycles. The molecule has 0 heterocycles. The molecule has 0 radical (unpaired) electrons. The molecule has 0 aliphatic rings. The van der Waals surface area contributed by atoms with Crippen molar-refractivity contribution >= 4 is 0 Å². The van der Waals surface area contributed by atoms with Crippen LogP contribution in [0.1, 0.15) is 0 Å². The van der Waals surface area contributed by atoms with Crippen LogP contribution in [0.3, 0.4) is 0 Å². The van der Waals surface area contributed by atoms with Crippen LogP contribution >= 0.6 is 0 Å². The molecule has 0 aromatic heterocycles. The molecule has 142 valence electrons. The summed E-state index contributed by atoms with van der Waals surface area (Å²) >= 11 is 0. The van der Waals surface area contributed by atoms with Crippen molar-refractivity contribution < 1.29 is 66.5 Å². The lowest BCUT2D eigenvalue weighted by atomic mass is 10.2. The zero-order chi connectivity index (χ0) is 19.8. The van der Waals surface area contributed by atoms with Crippen molar-refractivity contribution in [1.29, 1.82) is 0 Å². The molecule has 2 nitrogen and oxygen atoms in total. The number of hydrogen-bond acceptors (Lipinski definition) is 2. The molecule has 0 rings (SSSR count). The summed E-state index contributed by atoms with van der Waals surface area (Å²) in [6, 6.07) is -3.80. The van der Waals surface area contributed by atoms with Gasteiger partial charge in [0, 0.05) is 0 Å². The van der Waals surface area contributed by atoms with Gasteiger partial charge in [-0.1, -0.05) is 6.58 Å². The Bertz CT molecular complexity index is 504. The van der Waals surface area contributed by atoms with Crippen molar-refractivity contribution in [3.63, 3.8) is 0 Å². The first-order chi connectivity index (χ1) is 10.3. The number of halogens is 13. The monoisotopic (exact) mass is 390 g/mol. The Morgan fingerprint density at radius 2 is 1.17 bits per heavy atom. The standard InChI is InChI=1S/C9H3F13O2/c1-2-5(13,14)8(19,20)24-6(15,7(16,17)18)9(21,22)23-4(12)3(10)11/h2H,1H2. The van der Waals surface area contributed by atoms with Gasteiger partial charge in [0.2, 0.25) is 0 Å². The molecule has 24 heavy (non-hydrogen) atoms. The zero-order valence-electron chi connectivity index (χ0n) is 10.5. The maximum Gasteiger partial charge on any atom is 0.471 e. The molecule has 0 saturated carbocycles. The highest BCUT2D eigenvalue weighted by Gasteiger charge is 2.80. The molecule has 0 aliphatic heterocycles. The highest BCUT2D eigenvalue weighted by molar-refractivity contribution is 4.98. The van der Waals surface area contributed by atoms with Crippen LogP contribution in [0, 0.1) is 0 Å². The molecule has 1 unspecified atom stereocenters. The SMILES string of the molecule is C=CC(F)(F)C(F)(F)OC(F)(C(F)(F)F)C(F)(F)OC(F)=C(F)F. The van der Waals surface area contributed by atoms with E-state index in [1.807, 2.05) is 16.1 Å². The normalized spacial score (nSPS) is 16.4. The highest BCUT2D eigenvalue weighted by atomic mass is 19.4. The molecular weight excluding hydrogens is 387 g/mol. The lowest BCUT2D eigenvalue weighted by molar-refractivity contribution is -0.513. The molecule has 0 aliphatic carbocycles. The van der Waals surface area contributed by atoms with Crippen molar-refractivity contribution in [3.8, 4) is 0 Å². The molecule has 15 heteroatoms. The number of hydrogen-bond donors (Lipinski definition) is 0. The number of alkyl halides is 10. The maximum absolute atomic E-state index is 13.4. The fourth-order valence-electron chi connectivity index (χ4n) is 0.863. The average molecular weight is 390 g/mol. The van der Waals surface area contributed by atoms with Crippen molar-refractivity contribution in [2.45, 2.75) is 30.2 Å². The number of ether oxygens (including phenoxy) is 2. The largest absolute Gasteiger partial charge is 0.471 e.